The zero-order valence-corrected chi connectivity index (χ0v) is 11.7. The molecule has 0 fully saturated rings. The Morgan fingerprint density at radius 3 is 2.90 bits per heavy atom. The molecule has 3 aromatic rings. The number of hydrogen-bond donors (Lipinski definition) is 2. The number of tetrazole rings is 1. The summed E-state index contributed by atoms with van der Waals surface area (Å²) in [4.78, 5) is 0. The van der Waals surface area contributed by atoms with Gasteiger partial charge in [0.15, 0.2) is 0 Å². The summed E-state index contributed by atoms with van der Waals surface area (Å²) in [6.07, 6.45) is 1.53. The number of halogens is 1. The van der Waals surface area contributed by atoms with E-state index >= 15 is 0 Å². The lowest BCUT2D eigenvalue weighted by atomic mass is 10.2. The lowest BCUT2D eigenvalue weighted by molar-refractivity contribution is 0.469. The minimum Gasteiger partial charge on any atom is -0.508 e. The summed E-state index contributed by atoms with van der Waals surface area (Å²) < 4.78 is 1.57. The Morgan fingerprint density at radius 1 is 1.19 bits per heavy atom. The lowest BCUT2D eigenvalue weighted by Crippen LogP contribution is -2.01. The van der Waals surface area contributed by atoms with Crippen LogP contribution in [0.3, 0.4) is 0 Å². The highest BCUT2D eigenvalue weighted by Crippen LogP contribution is 2.23. The van der Waals surface area contributed by atoms with Gasteiger partial charge < -0.3 is 10.4 Å². The van der Waals surface area contributed by atoms with Crippen LogP contribution in [0.5, 0.6) is 5.75 Å². The van der Waals surface area contributed by atoms with Gasteiger partial charge in [0.2, 0.25) is 0 Å². The summed E-state index contributed by atoms with van der Waals surface area (Å²) in [6, 6.07) is 12.6. The normalized spacial score (nSPS) is 10.5. The molecule has 0 radical (unpaired) electrons. The van der Waals surface area contributed by atoms with Gasteiger partial charge in [-0.25, -0.2) is 4.68 Å². The predicted molar refractivity (Wildman–Crippen MR) is 79.6 cm³/mol. The van der Waals surface area contributed by atoms with Crippen molar-refractivity contribution >= 4 is 17.3 Å². The van der Waals surface area contributed by atoms with Crippen LogP contribution in [0.1, 0.15) is 5.56 Å². The van der Waals surface area contributed by atoms with Crippen molar-refractivity contribution in [3.63, 3.8) is 0 Å². The SMILES string of the molecule is Oc1ccc(Cl)cc1CNc1cccc(-n2cnnn2)c1. The maximum Gasteiger partial charge on any atom is 0.143 e. The van der Waals surface area contributed by atoms with Crippen molar-refractivity contribution < 1.29 is 5.11 Å². The molecular formula is C14H12ClN5O. The monoisotopic (exact) mass is 301 g/mol. The predicted octanol–water partition coefficient (Wildman–Crippen LogP) is 2.63. The van der Waals surface area contributed by atoms with Crippen molar-refractivity contribution in [1.82, 2.24) is 20.2 Å². The summed E-state index contributed by atoms with van der Waals surface area (Å²) in [7, 11) is 0. The second-order valence-corrected chi connectivity index (χ2v) is 4.87. The van der Waals surface area contributed by atoms with E-state index in [1.807, 2.05) is 24.3 Å². The third-order valence-corrected chi connectivity index (χ3v) is 3.22. The van der Waals surface area contributed by atoms with E-state index in [9.17, 15) is 5.11 Å². The molecule has 0 bridgehead atoms. The molecule has 0 spiro atoms. The molecule has 6 nitrogen and oxygen atoms in total. The van der Waals surface area contributed by atoms with E-state index < -0.39 is 0 Å². The first kappa shape index (κ1) is 13.4. The van der Waals surface area contributed by atoms with E-state index in [2.05, 4.69) is 20.8 Å². The van der Waals surface area contributed by atoms with Crippen LogP contribution in [0.2, 0.25) is 5.02 Å². The standard InChI is InChI=1S/C14H12ClN5O/c15-11-4-5-14(21)10(6-11)8-16-12-2-1-3-13(7-12)20-9-17-18-19-20/h1-7,9,16,21H,8H2. The number of phenolic OH excluding ortho intramolecular Hbond substituents is 1. The summed E-state index contributed by atoms with van der Waals surface area (Å²) in [6.45, 7) is 0.464. The summed E-state index contributed by atoms with van der Waals surface area (Å²) in [5.41, 5.74) is 2.47. The number of anilines is 1. The molecule has 7 heteroatoms. The van der Waals surface area contributed by atoms with Gasteiger partial charge in [-0.15, -0.1) is 5.10 Å². The van der Waals surface area contributed by atoms with Crippen molar-refractivity contribution in [3.8, 4) is 11.4 Å². The summed E-state index contributed by atoms with van der Waals surface area (Å²) >= 11 is 5.93. The number of nitrogens with zero attached hydrogens (tertiary/aromatic N) is 4. The number of phenols is 1. The summed E-state index contributed by atoms with van der Waals surface area (Å²) in [5, 5.41) is 24.7. The number of nitrogens with one attached hydrogen (secondary N) is 1. The molecule has 0 amide bonds. The van der Waals surface area contributed by atoms with Gasteiger partial charge in [-0.2, -0.15) is 0 Å². The molecule has 0 aliphatic heterocycles. The van der Waals surface area contributed by atoms with Gasteiger partial charge in [-0.3, -0.25) is 0 Å². The van der Waals surface area contributed by atoms with E-state index in [0.717, 1.165) is 16.9 Å². The molecule has 0 atom stereocenters. The highest BCUT2D eigenvalue weighted by molar-refractivity contribution is 6.30. The highest BCUT2D eigenvalue weighted by atomic mass is 35.5. The van der Waals surface area contributed by atoms with Crippen molar-refractivity contribution in [2.45, 2.75) is 6.54 Å². The first-order valence-corrected chi connectivity index (χ1v) is 6.65. The molecule has 2 aromatic carbocycles. The molecule has 0 unspecified atom stereocenters. The smallest absolute Gasteiger partial charge is 0.143 e. The molecule has 106 valence electrons. The van der Waals surface area contributed by atoms with Crippen LogP contribution in [0.4, 0.5) is 5.69 Å². The molecule has 0 aliphatic rings. The molecular weight excluding hydrogens is 290 g/mol. The Hall–Kier alpha value is -2.60. The largest absolute Gasteiger partial charge is 0.508 e. The lowest BCUT2D eigenvalue weighted by Gasteiger charge is -2.09. The molecule has 0 aliphatic carbocycles. The fourth-order valence-electron chi connectivity index (χ4n) is 1.93. The van der Waals surface area contributed by atoms with Crippen molar-refractivity contribution in [2.24, 2.45) is 0 Å². The molecule has 1 heterocycles. The van der Waals surface area contributed by atoms with Crippen LogP contribution in [0.15, 0.2) is 48.8 Å². The first-order chi connectivity index (χ1) is 10.2. The van der Waals surface area contributed by atoms with E-state index in [1.54, 1.807) is 22.9 Å². The second-order valence-electron chi connectivity index (χ2n) is 4.43. The van der Waals surface area contributed by atoms with Crippen LogP contribution < -0.4 is 5.32 Å². The molecule has 0 saturated carbocycles. The molecule has 0 saturated heterocycles. The first-order valence-electron chi connectivity index (χ1n) is 6.27. The molecule has 1 aromatic heterocycles. The topological polar surface area (TPSA) is 75.9 Å². The van der Waals surface area contributed by atoms with Crippen molar-refractivity contribution in [2.75, 3.05) is 5.32 Å². The van der Waals surface area contributed by atoms with Gasteiger partial charge in [-0.1, -0.05) is 17.7 Å². The van der Waals surface area contributed by atoms with E-state index in [-0.39, 0.29) is 5.75 Å². The Kier molecular flexibility index (Phi) is 3.70. The average molecular weight is 302 g/mol. The van der Waals surface area contributed by atoms with E-state index in [4.69, 9.17) is 11.6 Å². The Balaban J connectivity index is 1.76. The van der Waals surface area contributed by atoms with Gasteiger partial charge >= 0.3 is 0 Å². The molecule has 3 rings (SSSR count). The number of aromatic hydroxyl groups is 1. The maximum atomic E-state index is 9.79. The van der Waals surface area contributed by atoms with Gasteiger partial charge in [0.1, 0.15) is 12.1 Å². The maximum absolute atomic E-state index is 9.79. The van der Waals surface area contributed by atoms with Gasteiger partial charge in [0.25, 0.3) is 0 Å². The molecule has 21 heavy (non-hydrogen) atoms. The van der Waals surface area contributed by atoms with Gasteiger partial charge in [-0.05, 0) is 46.8 Å². The Labute approximate surface area is 126 Å². The van der Waals surface area contributed by atoms with Crippen LogP contribution in [-0.4, -0.2) is 25.3 Å². The van der Waals surface area contributed by atoms with E-state index in [1.165, 1.54) is 6.33 Å². The van der Waals surface area contributed by atoms with Crippen molar-refractivity contribution in [1.29, 1.82) is 0 Å². The zero-order valence-electron chi connectivity index (χ0n) is 10.9. The number of hydrogen-bond acceptors (Lipinski definition) is 5. The number of aromatic nitrogens is 4. The number of benzene rings is 2. The molecule has 2 N–H and O–H groups in total. The quantitative estimate of drug-likeness (QED) is 0.775. The fraction of sp³-hybridized carbons (Fsp3) is 0.0714. The third kappa shape index (κ3) is 3.11. The van der Waals surface area contributed by atoms with Gasteiger partial charge in [0, 0.05) is 22.8 Å². The van der Waals surface area contributed by atoms with Crippen LogP contribution in [0, 0.1) is 0 Å². The van der Waals surface area contributed by atoms with Crippen LogP contribution in [-0.2, 0) is 6.54 Å². The third-order valence-electron chi connectivity index (χ3n) is 2.98. The fourth-order valence-corrected chi connectivity index (χ4v) is 2.13. The van der Waals surface area contributed by atoms with E-state index in [0.29, 0.717) is 11.6 Å². The minimum atomic E-state index is 0.212. The minimum absolute atomic E-state index is 0.212. The van der Waals surface area contributed by atoms with Crippen LogP contribution >= 0.6 is 11.6 Å². The zero-order chi connectivity index (χ0) is 14.7. The number of rotatable bonds is 4. The van der Waals surface area contributed by atoms with Crippen molar-refractivity contribution in [3.05, 3.63) is 59.4 Å². The summed E-state index contributed by atoms with van der Waals surface area (Å²) in [5.74, 6) is 0.212. The second kappa shape index (κ2) is 5.80. The van der Waals surface area contributed by atoms with Crippen LogP contribution in [0.25, 0.3) is 5.69 Å². The highest BCUT2D eigenvalue weighted by Gasteiger charge is 2.03. The Bertz CT molecular complexity index is 745. The average Bonchev–Trinajstić information content (AvgIpc) is 3.03. The Morgan fingerprint density at radius 2 is 2.10 bits per heavy atom. The van der Waals surface area contributed by atoms with Gasteiger partial charge in [0.05, 0.1) is 5.69 Å².